The maximum atomic E-state index is 2.55. The fraction of sp³-hybridized carbons (Fsp3) is 0.0667. The number of para-hydroxylation sites is 2. The number of rotatable bonds is 1. The van der Waals surface area contributed by atoms with Gasteiger partial charge in [0.1, 0.15) is 0 Å². The molecule has 0 radical (unpaired) electrons. The van der Waals surface area contributed by atoms with Crippen molar-refractivity contribution in [1.29, 1.82) is 0 Å². The molecular weight excluding hydrogens is 565 g/mol. The molecule has 0 saturated heterocycles. The third-order valence-corrected chi connectivity index (χ3v) is 10.7. The first-order chi connectivity index (χ1) is 23.3. The highest BCUT2D eigenvalue weighted by atomic mass is 15.0. The highest BCUT2D eigenvalue weighted by molar-refractivity contribution is 6.93. The number of aromatic nitrogens is 1. The molecule has 10 rings (SSSR count). The Morgan fingerprint density at radius 3 is 2.04 bits per heavy atom. The summed E-state index contributed by atoms with van der Waals surface area (Å²) in [5.74, 6) is 0. The number of benzene rings is 5. The molecule has 2 aliphatic heterocycles. The Morgan fingerprint density at radius 1 is 0.553 bits per heavy atom. The van der Waals surface area contributed by atoms with Crippen molar-refractivity contribution in [3.63, 3.8) is 0 Å². The van der Waals surface area contributed by atoms with Gasteiger partial charge in [0.25, 0.3) is 0 Å². The second-order valence-corrected chi connectivity index (χ2v) is 13.2. The summed E-state index contributed by atoms with van der Waals surface area (Å²) in [6.07, 6.45) is 15.0. The van der Waals surface area contributed by atoms with Crippen molar-refractivity contribution in [1.82, 2.24) is 4.57 Å². The maximum Gasteiger partial charge on any atom is 0.242 e. The van der Waals surface area contributed by atoms with E-state index in [-0.39, 0.29) is 6.71 Å². The second-order valence-electron chi connectivity index (χ2n) is 13.2. The Labute approximate surface area is 276 Å². The Hall–Kier alpha value is -5.60. The van der Waals surface area contributed by atoms with Crippen LogP contribution in [0.15, 0.2) is 168 Å². The minimum Gasteiger partial charge on any atom is -0.309 e. The average Bonchev–Trinajstić information content (AvgIpc) is 3.62. The van der Waals surface area contributed by atoms with Crippen molar-refractivity contribution >= 4 is 46.3 Å². The molecule has 3 heterocycles. The van der Waals surface area contributed by atoms with Gasteiger partial charge < -0.3 is 4.57 Å². The van der Waals surface area contributed by atoms with E-state index in [1.807, 2.05) is 0 Å². The van der Waals surface area contributed by atoms with Gasteiger partial charge in [-0.2, -0.15) is 0 Å². The smallest absolute Gasteiger partial charge is 0.242 e. The van der Waals surface area contributed by atoms with Crippen LogP contribution >= 0.6 is 0 Å². The number of hydrogen-bond donors (Lipinski definition) is 0. The van der Waals surface area contributed by atoms with Crippen LogP contribution in [0.2, 0.25) is 0 Å². The third-order valence-electron chi connectivity index (χ3n) is 10.7. The minimum absolute atomic E-state index is 0.211. The number of allylic oxidation sites excluding steroid dienone is 8. The van der Waals surface area contributed by atoms with Gasteiger partial charge in [-0.15, -0.1) is 0 Å². The Kier molecular flexibility index (Phi) is 5.93. The van der Waals surface area contributed by atoms with Crippen LogP contribution in [-0.2, 0) is 19.3 Å². The minimum atomic E-state index is 0.211. The van der Waals surface area contributed by atoms with Gasteiger partial charge in [-0.05, 0) is 94.2 Å². The molecule has 0 bridgehead atoms. The van der Waals surface area contributed by atoms with Gasteiger partial charge >= 0.3 is 0 Å². The van der Waals surface area contributed by atoms with E-state index in [4.69, 9.17) is 0 Å². The number of nitrogens with zero attached hydrogens (tertiary/aromatic N) is 1. The first-order valence-corrected chi connectivity index (χ1v) is 16.8. The molecule has 220 valence electrons. The third kappa shape index (κ3) is 4.11. The van der Waals surface area contributed by atoms with E-state index in [0.717, 1.165) is 19.3 Å². The normalized spacial score (nSPS) is 18.9. The van der Waals surface area contributed by atoms with E-state index >= 15 is 0 Å². The molecule has 0 amide bonds. The van der Waals surface area contributed by atoms with Crippen molar-refractivity contribution in [3.8, 4) is 5.69 Å². The lowest BCUT2D eigenvalue weighted by atomic mass is 9.29. The van der Waals surface area contributed by atoms with Gasteiger partial charge in [0.05, 0.1) is 11.2 Å². The van der Waals surface area contributed by atoms with Crippen LogP contribution in [0.1, 0.15) is 33.5 Å². The lowest BCUT2D eigenvalue weighted by Crippen LogP contribution is -2.52. The SMILES string of the molecule is C1=C2Cc3ccccc3B3C2=C(/C=C/C=C2\C(=C/c4c1n(-c1ccccc1)c1ccccc41)Cc1ccccc12)Cc1ccccc13. The Morgan fingerprint density at radius 2 is 1.21 bits per heavy atom. The lowest BCUT2D eigenvalue weighted by Gasteiger charge is -2.35. The van der Waals surface area contributed by atoms with E-state index in [1.165, 1.54) is 88.8 Å². The van der Waals surface area contributed by atoms with Crippen molar-refractivity contribution in [2.45, 2.75) is 19.3 Å². The molecule has 4 aliphatic rings. The zero-order valence-corrected chi connectivity index (χ0v) is 26.2. The molecule has 6 aromatic rings. The molecule has 1 nitrogen and oxygen atoms in total. The molecule has 0 N–H and O–H groups in total. The van der Waals surface area contributed by atoms with Crippen molar-refractivity contribution < 1.29 is 0 Å². The highest BCUT2D eigenvalue weighted by Gasteiger charge is 2.38. The molecule has 0 unspecified atom stereocenters. The quantitative estimate of drug-likeness (QED) is 0.167. The summed E-state index contributed by atoms with van der Waals surface area (Å²) >= 11 is 0. The van der Waals surface area contributed by atoms with Crippen molar-refractivity contribution in [3.05, 3.63) is 201 Å². The summed E-state index contributed by atoms with van der Waals surface area (Å²) in [5.41, 5.74) is 20.5. The fourth-order valence-electron chi connectivity index (χ4n) is 8.66. The molecule has 0 fully saturated rings. The van der Waals surface area contributed by atoms with E-state index < -0.39 is 0 Å². The van der Waals surface area contributed by atoms with Crippen LogP contribution in [0.4, 0.5) is 0 Å². The number of hydrogen-bond acceptors (Lipinski definition) is 0. The first-order valence-electron chi connectivity index (χ1n) is 16.8. The van der Waals surface area contributed by atoms with Gasteiger partial charge in [0.2, 0.25) is 6.71 Å². The van der Waals surface area contributed by atoms with Crippen LogP contribution in [0.3, 0.4) is 0 Å². The van der Waals surface area contributed by atoms with Crippen LogP contribution in [0, 0.1) is 0 Å². The van der Waals surface area contributed by atoms with E-state index in [0.29, 0.717) is 0 Å². The second kappa shape index (κ2) is 10.5. The molecule has 0 spiro atoms. The summed E-state index contributed by atoms with van der Waals surface area (Å²) < 4.78 is 2.49. The molecule has 2 aliphatic carbocycles. The molecule has 1 aromatic heterocycles. The zero-order chi connectivity index (χ0) is 30.9. The Balaban J connectivity index is 1.34. The van der Waals surface area contributed by atoms with Crippen LogP contribution in [0.5, 0.6) is 0 Å². The first kappa shape index (κ1) is 26.6. The summed E-state index contributed by atoms with van der Waals surface area (Å²) in [5, 5.41) is 1.29. The summed E-state index contributed by atoms with van der Waals surface area (Å²) in [6, 6.07) is 47.1. The summed E-state index contributed by atoms with van der Waals surface area (Å²) in [4.78, 5) is 0. The monoisotopic (exact) mass is 597 g/mol. The van der Waals surface area contributed by atoms with Crippen molar-refractivity contribution in [2.24, 2.45) is 0 Å². The fourth-order valence-corrected chi connectivity index (χ4v) is 8.66. The predicted molar refractivity (Wildman–Crippen MR) is 199 cm³/mol. The largest absolute Gasteiger partial charge is 0.309 e. The molecule has 0 saturated carbocycles. The van der Waals surface area contributed by atoms with E-state index in [2.05, 4.69) is 162 Å². The topological polar surface area (TPSA) is 4.93 Å². The summed E-state index contributed by atoms with van der Waals surface area (Å²) in [7, 11) is 0. The molecule has 5 aromatic carbocycles. The van der Waals surface area contributed by atoms with Gasteiger partial charge in [-0.3, -0.25) is 0 Å². The van der Waals surface area contributed by atoms with Crippen LogP contribution in [0.25, 0.3) is 34.3 Å². The predicted octanol–water partition coefficient (Wildman–Crippen LogP) is 8.86. The standard InChI is InChI=1S/C45H32BN/c1-2-17-36(18-3-1)47-43-24-11-8-20-39(43)40-28-34-25-30-13-4-7-19-37(30)38(34)21-12-16-33-26-31-14-5-9-22-41(31)46-42-23-10-6-15-32(42)27-35(45(33)46)29-44(40)47/h1-24,28-29H,25-27H2/b16-12+,21-12?,33-16?,34-28-,35-29?,38-21+,40-28?,44-29?. The molecule has 47 heavy (non-hydrogen) atoms. The maximum absolute atomic E-state index is 2.55. The highest BCUT2D eigenvalue weighted by Crippen LogP contribution is 2.42. The van der Waals surface area contributed by atoms with Gasteiger partial charge in [0.15, 0.2) is 0 Å². The van der Waals surface area contributed by atoms with E-state index in [9.17, 15) is 0 Å². The molecule has 2 heteroatoms. The lowest BCUT2D eigenvalue weighted by molar-refractivity contribution is 1.09. The average molecular weight is 598 g/mol. The van der Waals surface area contributed by atoms with Gasteiger partial charge in [0, 0.05) is 16.6 Å². The van der Waals surface area contributed by atoms with Gasteiger partial charge in [-0.1, -0.05) is 144 Å². The zero-order valence-electron chi connectivity index (χ0n) is 26.2. The summed E-state index contributed by atoms with van der Waals surface area (Å²) in [6.45, 7) is 0.211. The van der Waals surface area contributed by atoms with Crippen LogP contribution < -0.4 is 10.9 Å². The number of fused-ring (bicyclic) bond motifs is 10. The Bertz CT molecular complexity index is 2430. The molecular formula is C45H32BN. The molecule has 0 atom stereocenters. The van der Waals surface area contributed by atoms with Crippen LogP contribution in [-0.4, -0.2) is 11.3 Å². The van der Waals surface area contributed by atoms with E-state index in [1.54, 1.807) is 0 Å². The van der Waals surface area contributed by atoms with Crippen molar-refractivity contribution in [2.75, 3.05) is 0 Å². The van der Waals surface area contributed by atoms with Gasteiger partial charge in [-0.25, -0.2) is 0 Å².